The van der Waals surface area contributed by atoms with Crippen molar-refractivity contribution in [1.82, 2.24) is 10.2 Å². The number of halogens is 3. The Labute approximate surface area is 86.1 Å². The summed E-state index contributed by atoms with van der Waals surface area (Å²) in [6.45, 7) is 0.787. The monoisotopic (exact) mass is 228 g/mol. The summed E-state index contributed by atoms with van der Waals surface area (Å²) in [7, 11) is 0. The van der Waals surface area contributed by atoms with Crippen LogP contribution in [0.25, 0.3) is 0 Å². The predicted molar refractivity (Wildman–Crippen MR) is 48.4 cm³/mol. The van der Waals surface area contributed by atoms with Gasteiger partial charge in [0.05, 0.1) is 0 Å². The number of amides is 2. The highest BCUT2D eigenvalue weighted by atomic mass is 19.4. The fourth-order valence-electron chi connectivity index (χ4n) is 0.952. The van der Waals surface area contributed by atoms with Crippen molar-refractivity contribution in [3.05, 3.63) is 0 Å². The van der Waals surface area contributed by atoms with E-state index in [0.717, 1.165) is 0 Å². The van der Waals surface area contributed by atoms with Gasteiger partial charge in [0, 0.05) is 19.7 Å². The lowest BCUT2D eigenvalue weighted by Crippen LogP contribution is -2.44. The van der Waals surface area contributed by atoms with Crippen molar-refractivity contribution in [3.8, 4) is 0 Å². The van der Waals surface area contributed by atoms with Crippen LogP contribution in [0, 0.1) is 0 Å². The van der Waals surface area contributed by atoms with Crippen molar-refractivity contribution in [1.29, 1.82) is 0 Å². The van der Waals surface area contributed by atoms with Crippen molar-refractivity contribution < 1.29 is 23.1 Å². The minimum atomic E-state index is -4.40. The topological polar surface area (TPSA) is 52.6 Å². The maximum absolute atomic E-state index is 11.8. The zero-order chi connectivity index (χ0) is 11.9. The molecule has 7 heteroatoms. The molecule has 2 N–H and O–H groups in total. The highest BCUT2D eigenvalue weighted by Crippen LogP contribution is 2.12. The molecule has 0 saturated carbocycles. The Bertz CT molecular complexity index is 197. The fourth-order valence-corrected chi connectivity index (χ4v) is 0.952. The number of urea groups is 1. The van der Waals surface area contributed by atoms with E-state index in [1.807, 2.05) is 0 Å². The standard InChI is InChI=1S/C8H15F3N2O2/c1-2-13(4-3-5-14)7(15)12-6-8(9,10)11/h14H,2-6H2,1H3,(H,12,15). The normalized spacial score (nSPS) is 11.3. The highest BCUT2D eigenvalue weighted by Gasteiger charge is 2.28. The Balaban J connectivity index is 3.94. The van der Waals surface area contributed by atoms with Crippen molar-refractivity contribution in [3.63, 3.8) is 0 Å². The molecule has 0 rings (SSSR count). The van der Waals surface area contributed by atoms with E-state index < -0.39 is 18.8 Å². The van der Waals surface area contributed by atoms with Gasteiger partial charge in [-0.05, 0) is 13.3 Å². The van der Waals surface area contributed by atoms with Gasteiger partial charge >= 0.3 is 12.2 Å². The van der Waals surface area contributed by atoms with Crippen molar-refractivity contribution >= 4 is 6.03 Å². The summed E-state index contributed by atoms with van der Waals surface area (Å²) in [6, 6.07) is -0.761. The van der Waals surface area contributed by atoms with Gasteiger partial charge in [0.25, 0.3) is 0 Å². The second-order valence-corrected chi connectivity index (χ2v) is 2.93. The van der Waals surface area contributed by atoms with E-state index in [2.05, 4.69) is 0 Å². The summed E-state index contributed by atoms with van der Waals surface area (Å²) < 4.78 is 35.3. The Morgan fingerprint density at radius 2 is 2.07 bits per heavy atom. The van der Waals surface area contributed by atoms with E-state index in [1.165, 1.54) is 4.90 Å². The maximum atomic E-state index is 11.8. The molecule has 0 aliphatic rings. The molecule has 0 bridgehead atoms. The molecule has 0 aromatic carbocycles. The van der Waals surface area contributed by atoms with Crippen molar-refractivity contribution in [2.75, 3.05) is 26.2 Å². The van der Waals surface area contributed by atoms with Crippen molar-refractivity contribution in [2.45, 2.75) is 19.5 Å². The molecule has 0 aliphatic heterocycles. The zero-order valence-electron chi connectivity index (χ0n) is 8.47. The summed E-state index contributed by atoms with van der Waals surface area (Å²) in [6.07, 6.45) is -4.04. The van der Waals surface area contributed by atoms with Crippen LogP contribution < -0.4 is 5.32 Å². The third kappa shape index (κ3) is 7.01. The van der Waals surface area contributed by atoms with E-state index in [1.54, 1.807) is 12.2 Å². The molecule has 4 nitrogen and oxygen atoms in total. The molecular weight excluding hydrogens is 213 g/mol. The average molecular weight is 228 g/mol. The summed E-state index contributed by atoms with van der Waals surface area (Å²) in [5, 5.41) is 10.3. The highest BCUT2D eigenvalue weighted by molar-refractivity contribution is 5.74. The van der Waals surface area contributed by atoms with Gasteiger partial charge in [-0.3, -0.25) is 0 Å². The van der Waals surface area contributed by atoms with Gasteiger partial charge in [-0.1, -0.05) is 0 Å². The minimum Gasteiger partial charge on any atom is -0.396 e. The number of nitrogens with zero attached hydrogens (tertiary/aromatic N) is 1. The Morgan fingerprint density at radius 1 is 1.47 bits per heavy atom. The SMILES string of the molecule is CCN(CCCO)C(=O)NCC(F)(F)F. The van der Waals surface area contributed by atoms with Gasteiger partial charge in [-0.25, -0.2) is 4.79 Å². The molecule has 0 aromatic rings. The molecule has 0 fully saturated rings. The first-order valence-electron chi connectivity index (χ1n) is 4.61. The van der Waals surface area contributed by atoms with Gasteiger partial charge < -0.3 is 15.3 Å². The maximum Gasteiger partial charge on any atom is 0.405 e. The third-order valence-electron chi connectivity index (χ3n) is 1.70. The average Bonchev–Trinajstić information content (AvgIpc) is 2.15. The lowest BCUT2D eigenvalue weighted by atomic mass is 10.4. The molecule has 0 heterocycles. The number of alkyl halides is 3. The molecule has 0 aliphatic carbocycles. The quantitative estimate of drug-likeness (QED) is 0.736. The molecule has 0 unspecified atom stereocenters. The first kappa shape index (κ1) is 14.0. The molecule has 0 radical (unpaired) electrons. The van der Waals surface area contributed by atoms with Crippen LogP contribution in [0.5, 0.6) is 0 Å². The minimum absolute atomic E-state index is 0.0942. The Hall–Kier alpha value is -0.980. The summed E-state index contributed by atoms with van der Waals surface area (Å²) in [4.78, 5) is 12.4. The first-order chi connectivity index (χ1) is 6.90. The lowest BCUT2D eigenvalue weighted by molar-refractivity contribution is -0.123. The van der Waals surface area contributed by atoms with Crippen LogP contribution in [-0.4, -0.2) is 48.5 Å². The van der Waals surface area contributed by atoms with Crippen LogP contribution in [0.15, 0.2) is 0 Å². The number of carbonyl (C=O) groups excluding carboxylic acids is 1. The zero-order valence-corrected chi connectivity index (χ0v) is 8.47. The van der Waals surface area contributed by atoms with Gasteiger partial charge in [-0.15, -0.1) is 0 Å². The van der Waals surface area contributed by atoms with E-state index >= 15 is 0 Å². The fraction of sp³-hybridized carbons (Fsp3) is 0.875. The van der Waals surface area contributed by atoms with Crippen molar-refractivity contribution in [2.24, 2.45) is 0 Å². The summed E-state index contributed by atoms with van der Waals surface area (Å²) >= 11 is 0. The van der Waals surface area contributed by atoms with Crippen LogP contribution >= 0.6 is 0 Å². The lowest BCUT2D eigenvalue weighted by Gasteiger charge is -2.21. The van der Waals surface area contributed by atoms with Gasteiger partial charge in [0.15, 0.2) is 0 Å². The number of aliphatic hydroxyl groups excluding tert-OH is 1. The summed E-state index contributed by atoms with van der Waals surface area (Å²) in [5.41, 5.74) is 0. The van der Waals surface area contributed by atoms with Gasteiger partial charge in [0.2, 0.25) is 0 Å². The van der Waals surface area contributed by atoms with Gasteiger partial charge in [0.1, 0.15) is 6.54 Å². The second kappa shape index (κ2) is 6.49. The second-order valence-electron chi connectivity index (χ2n) is 2.93. The van der Waals surface area contributed by atoms with E-state index in [0.29, 0.717) is 13.0 Å². The Kier molecular flexibility index (Phi) is 6.07. The third-order valence-corrected chi connectivity index (χ3v) is 1.70. The molecule has 0 saturated heterocycles. The van der Waals surface area contributed by atoms with Crippen LogP contribution in [0.4, 0.5) is 18.0 Å². The van der Waals surface area contributed by atoms with Crippen LogP contribution in [0.1, 0.15) is 13.3 Å². The number of hydrogen-bond acceptors (Lipinski definition) is 2. The van der Waals surface area contributed by atoms with E-state index in [4.69, 9.17) is 5.11 Å². The smallest absolute Gasteiger partial charge is 0.396 e. The van der Waals surface area contributed by atoms with Gasteiger partial charge in [-0.2, -0.15) is 13.2 Å². The van der Waals surface area contributed by atoms with E-state index in [-0.39, 0.29) is 13.2 Å². The molecule has 0 aromatic heterocycles. The largest absolute Gasteiger partial charge is 0.405 e. The number of nitrogens with one attached hydrogen (secondary N) is 1. The first-order valence-corrected chi connectivity index (χ1v) is 4.61. The number of aliphatic hydroxyl groups is 1. The molecule has 0 atom stereocenters. The van der Waals surface area contributed by atoms with Crippen LogP contribution in [0.3, 0.4) is 0 Å². The molecule has 2 amide bonds. The predicted octanol–water partition coefficient (Wildman–Crippen LogP) is 0.963. The van der Waals surface area contributed by atoms with Crippen LogP contribution in [0.2, 0.25) is 0 Å². The summed E-state index contributed by atoms with van der Waals surface area (Å²) in [5.74, 6) is 0. The van der Waals surface area contributed by atoms with Crippen LogP contribution in [-0.2, 0) is 0 Å². The number of carbonyl (C=O) groups is 1. The molecule has 90 valence electrons. The molecular formula is C8H15F3N2O2. The van der Waals surface area contributed by atoms with E-state index in [9.17, 15) is 18.0 Å². The number of rotatable bonds is 5. The molecule has 0 spiro atoms. The Morgan fingerprint density at radius 3 is 2.47 bits per heavy atom. The number of hydrogen-bond donors (Lipinski definition) is 2. The molecule has 15 heavy (non-hydrogen) atoms.